The molecule has 2 unspecified atom stereocenters. The molecule has 2 aromatic rings. The highest BCUT2D eigenvalue weighted by molar-refractivity contribution is 5.90. The quantitative estimate of drug-likeness (QED) is 0.639. The zero-order valence-electron chi connectivity index (χ0n) is 11.5. The Morgan fingerprint density at radius 2 is 2.10 bits per heavy atom. The van der Waals surface area contributed by atoms with Crippen LogP contribution in [0.25, 0.3) is 10.9 Å². The van der Waals surface area contributed by atoms with Gasteiger partial charge in [-0.3, -0.25) is 14.9 Å². The number of nitro benzene ring substituents is 1. The number of nitrogens with one attached hydrogen (secondary N) is 1. The highest BCUT2D eigenvalue weighted by Gasteiger charge is 2.20. The lowest BCUT2D eigenvalue weighted by molar-refractivity contribution is -0.384. The number of rotatable bonds is 5. The molecule has 1 aromatic heterocycles. The highest BCUT2D eigenvalue weighted by Crippen LogP contribution is 2.25. The van der Waals surface area contributed by atoms with Crippen molar-refractivity contribution in [3.05, 3.63) is 34.6 Å². The maximum Gasteiger partial charge on any atom is 0.308 e. The number of non-ortho nitro benzene ring substituents is 1. The van der Waals surface area contributed by atoms with Gasteiger partial charge >= 0.3 is 5.97 Å². The van der Waals surface area contributed by atoms with Gasteiger partial charge in [-0.15, -0.1) is 0 Å². The second-order valence-corrected chi connectivity index (χ2v) is 4.74. The van der Waals surface area contributed by atoms with Crippen molar-refractivity contribution >= 4 is 28.4 Å². The lowest BCUT2D eigenvalue weighted by Gasteiger charge is -2.19. The van der Waals surface area contributed by atoms with Crippen LogP contribution in [0.5, 0.6) is 0 Å². The minimum atomic E-state index is -0.931. The van der Waals surface area contributed by atoms with Gasteiger partial charge in [0.2, 0.25) is 0 Å². The van der Waals surface area contributed by atoms with Crippen molar-refractivity contribution in [2.45, 2.75) is 19.9 Å². The van der Waals surface area contributed by atoms with Gasteiger partial charge < -0.3 is 10.4 Å². The molecule has 0 saturated heterocycles. The summed E-state index contributed by atoms with van der Waals surface area (Å²) in [5.74, 6) is -1.18. The number of hydrogen-bond donors (Lipinski definition) is 2. The lowest BCUT2D eigenvalue weighted by atomic mass is 10.0. The molecule has 110 valence electrons. The number of benzene rings is 1. The molecule has 1 heterocycles. The van der Waals surface area contributed by atoms with Crippen LogP contribution in [0, 0.1) is 16.0 Å². The van der Waals surface area contributed by atoms with Gasteiger partial charge in [-0.1, -0.05) is 0 Å². The fourth-order valence-electron chi connectivity index (χ4n) is 1.83. The second kappa shape index (κ2) is 5.70. The Morgan fingerprint density at radius 3 is 2.71 bits per heavy atom. The van der Waals surface area contributed by atoms with E-state index in [0.29, 0.717) is 16.7 Å². The molecule has 21 heavy (non-hydrogen) atoms. The Hall–Kier alpha value is -2.77. The van der Waals surface area contributed by atoms with Crippen molar-refractivity contribution in [3.8, 4) is 0 Å². The summed E-state index contributed by atoms with van der Waals surface area (Å²) in [5, 5.41) is 23.3. The second-order valence-electron chi connectivity index (χ2n) is 4.74. The topological polar surface area (TPSA) is 118 Å². The molecule has 0 aliphatic heterocycles. The van der Waals surface area contributed by atoms with E-state index in [1.165, 1.54) is 24.5 Å². The fourth-order valence-corrected chi connectivity index (χ4v) is 1.83. The standard InChI is InChI=1S/C13H14N4O4/c1-7(13(18)19)8(2)16-12-10-5-9(17(20)21)3-4-11(10)14-6-15-12/h3-8H,1-2H3,(H,18,19)(H,14,15,16). The third kappa shape index (κ3) is 3.04. The number of carbonyl (C=O) groups is 1. The molecule has 0 fully saturated rings. The molecular formula is C13H14N4O4. The number of aliphatic carboxylic acids is 1. The van der Waals surface area contributed by atoms with E-state index in [4.69, 9.17) is 5.11 Å². The van der Waals surface area contributed by atoms with Crippen LogP contribution in [0.2, 0.25) is 0 Å². The Kier molecular flexibility index (Phi) is 3.97. The summed E-state index contributed by atoms with van der Waals surface area (Å²) in [5.41, 5.74) is 0.479. The normalized spacial score (nSPS) is 13.6. The van der Waals surface area contributed by atoms with E-state index in [2.05, 4.69) is 15.3 Å². The minimum absolute atomic E-state index is 0.0701. The molecule has 0 aliphatic carbocycles. The number of hydrogen-bond acceptors (Lipinski definition) is 6. The summed E-state index contributed by atoms with van der Waals surface area (Å²) < 4.78 is 0. The summed E-state index contributed by atoms with van der Waals surface area (Å²) >= 11 is 0. The molecule has 2 N–H and O–H groups in total. The SMILES string of the molecule is CC(Nc1ncnc2ccc([N+](=O)[O-])cc12)C(C)C(=O)O. The van der Waals surface area contributed by atoms with E-state index in [1.54, 1.807) is 13.8 Å². The molecule has 8 nitrogen and oxygen atoms in total. The summed E-state index contributed by atoms with van der Waals surface area (Å²) in [7, 11) is 0. The van der Waals surface area contributed by atoms with E-state index in [0.717, 1.165) is 0 Å². The van der Waals surface area contributed by atoms with Crippen LogP contribution in [-0.4, -0.2) is 32.0 Å². The number of nitrogens with zero attached hydrogens (tertiary/aromatic N) is 3. The number of nitro groups is 1. The number of fused-ring (bicyclic) bond motifs is 1. The van der Waals surface area contributed by atoms with Crippen molar-refractivity contribution in [2.75, 3.05) is 5.32 Å². The van der Waals surface area contributed by atoms with Gasteiger partial charge in [-0.2, -0.15) is 0 Å². The molecule has 0 aliphatic rings. The lowest BCUT2D eigenvalue weighted by Crippen LogP contribution is -2.30. The highest BCUT2D eigenvalue weighted by atomic mass is 16.6. The predicted molar refractivity (Wildman–Crippen MR) is 76.1 cm³/mol. The average Bonchev–Trinajstić information content (AvgIpc) is 2.46. The third-order valence-electron chi connectivity index (χ3n) is 3.33. The van der Waals surface area contributed by atoms with Gasteiger partial charge in [0, 0.05) is 23.6 Å². The first-order chi connectivity index (χ1) is 9.90. The molecule has 0 amide bonds. The van der Waals surface area contributed by atoms with Crippen molar-refractivity contribution in [2.24, 2.45) is 5.92 Å². The molecular weight excluding hydrogens is 276 g/mol. The van der Waals surface area contributed by atoms with Gasteiger partial charge in [0.15, 0.2) is 0 Å². The minimum Gasteiger partial charge on any atom is -0.481 e. The molecule has 0 radical (unpaired) electrons. The molecule has 2 rings (SSSR count). The maximum absolute atomic E-state index is 11.0. The van der Waals surface area contributed by atoms with Gasteiger partial charge in [0.25, 0.3) is 5.69 Å². The number of aromatic nitrogens is 2. The molecule has 0 saturated carbocycles. The molecule has 0 bridgehead atoms. The summed E-state index contributed by atoms with van der Waals surface area (Å²) in [4.78, 5) is 29.4. The van der Waals surface area contributed by atoms with Gasteiger partial charge in [-0.05, 0) is 19.9 Å². The Labute approximate surface area is 120 Å². The number of carboxylic acid groups (broad SMARTS) is 1. The van der Waals surface area contributed by atoms with Crippen molar-refractivity contribution in [3.63, 3.8) is 0 Å². The first-order valence-electron chi connectivity index (χ1n) is 6.28. The van der Waals surface area contributed by atoms with Crippen LogP contribution in [-0.2, 0) is 4.79 Å². The molecule has 2 atom stereocenters. The zero-order valence-corrected chi connectivity index (χ0v) is 11.5. The van der Waals surface area contributed by atoms with Crippen LogP contribution < -0.4 is 5.32 Å². The van der Waals surface area contributed by atoms with Crippen LogP contribution in [0.4, 0.5) is 11.5 Å². The predicted octanol–water partition coefficient (Wildman–Crippen LogP) is 2.06. The number of anilines is 1. The van der Waals surface area contributed by atoms with E-state index < -0.39 is 16.8 Å². The van der Waals surface area contributed by atoms with Gasteiger partial charge in [0.05, 0.1) is 16.4 Å². The first kappa shape index (κ1) is 14.6. The summed E-state index contributed by atoms with van der Waals surface area (Å²) in [6.07, 6.45) is 1.33. The Bertz CT molecular complexity index is 704. The van der Waals surface area contributed by atoms with Crippen LogP contribution in [0.1, 0.15) is 13.8 Å². The monoisotopic (exact) mass is 290 g/mol. The van der Waals surface area contributed by atoms with E-state index >= 15 is 0 Å². The third-order valence-corrected chi connectivity index (χ3v) is 3.33. The Balaban J connectivity index is 2.41. The van der Waals surface area contributed by atoms with Crippen LogP contribution in [0.15, 0.2) is 24.5 Å². The van der Waals surface area contributed by atoms with Crippen molar-refractivity contribution in [1.29, 1.82) is 0 Å². The van der Waals surface area contributed by atoms with E-state index in [1.807, 2.05) is 0 Å². The first-order valence-corrected chi connectivity index (χ1v) is 6.28. The maximum atomic E-state index is 11.0. The Morgan fingerprint density at radius 1 is 1.38 bits per heavy atom. The summed E-state index contributed by atoms with van der Waals surface area (Å²) in [6.45, 7) is 3.29. The van der Waals surface area contributed by atoms with Gasteiger partial charge in [0.1, 0.15) is 12.1 Å². The smallest absolute Gasteiger partial charge is 0.308 e. The van der Waals surface area contributed by atoms with Gasteiger partial charge in [-0.25, -0.2) is 9.97 Å². The molecule has 0 spiro atoms. The van der Waals surface area contributed by atoms with E-state index in [-0.39, 0.29) is 11.7 Å². The average molecular weight is 290 g/mol. The van der Waals surface area contributed by atoms with Crippen molar-refractivity contribution in [1.82, 2.24) is 9.97 Å². The summed E-state index contributed by atoms with van der Waals surface area (Å²) in [6, 6.07) is 3.88. The van der Waals surface area contributed by atoms with Crippen molar-refractivity contribution < 1.29 is 14.8 Å². The number of carboxylic acids is 1. The molecule has 1 aromatic carbocycles. The van der Waals surface area contributed by atoms with Crippen LogP contribution in [0.3, 0.4) is 0 Å². The fraction of sp³-hybridized carbons (Fsp3) is 0.308. The van der Waals surface area contributed by atoms with E-state index in [9.17, 15) is 14.9 Å². The molecule has 8 heteroatoms. The largest absolute Gasteiger partial charge is 0.481 e. The van der Waals surface area contributed by atoms with Crippen LogP contribution >= 0.6 is 0 Å². The zero-order chi connectivity index (χ0) is 15.6.